The maximum Gasteiger partial charge on any atom is 0.240 e. The second kappa shape index (κ2) is 6.17. The first-order chi connectivity index (χ1) is 9.53. The third-order valence-electron chi connectivity index (χ3n) is 3.84. The van der Waals surface area contributed by atoms with Crippen LogP contribution in [0, 0.1) is 0 Å². The molecule has 0 radical (unpaired) electrons. The van der Waals surface area contributed by atoms with Crippen molar-refractivity contribution in [2.75, 3.05) is 18.0 Å². The highest BCUT2D eigenvalue weighted by Crippen LogP contribution is 2.16. The molecule has 3 N–H and O–H groups in total. The Labute approximate surface area is 119 Å². The summed E-state index contributed by atoms with van der Waals surface area (Å²) in [4.78, 5) is 22.7. The first-order valence-electron chi connectivity index (χ1n) is 7.14. The van der Waals surface area contributed by atoms with Crippen molar-refractivity contribution in [3.63, 3.8) is 0 Å². The largest absolute Gasteiger partial charge is 0.350 e. The lowest BCUT2D eigenvalue weighted by molar-refractivity contribution is -0.126. The van der Waals surface area contributed by atoms with Crippen LogP contribution in [0.15, 0.2) is 18.5 Å². The van der Waals surface area contributed by atoms with Crippen LogP contribution >= 0.6 is 0 Å². The van der Waals surface area contributed by atoms with Crippen molar-refractivity contribution in [3.05, 3.63) is 18.5 Å². The van der Waals surface area contributed by atoms with E-state index in [2.05, 4.69) is 20.2 Å². The van der Waals surface area contributed by atoms with Crippen LogP contribution in [0.2, 0.25) is 0 Å². The van der Waals surface area contributed by atoms with Gasteiger partial charge in [-0.05, 0) is 32.3 Å². The molecule has 6 nitrogen and oxygen atoms in total. The molecule has 2 rings (SSSR count). The lowest BCUT2D eigenvalue weighted by Gasteiger charge is -2.34. The molecule has 0 bridgehead atoms. The number of hydrogen-bond acceptors (Lipinski definition) is 5. The molecule has 1 aromatic heterocycles. The Morgan fingerprint density at radius 3 is 2.90 bits per heavy atom. The molecule has 0 aliphatic carbocycles. The molecule has 110 valence electrons. The normalized spacial score (nSPS) is 22.1. The van der Waals surface area contributed by atoms with Gasteiger partial charge in [0.1, 0.15) is 0 Å². The molecule has 2 unspecified atom stereocenters. The van der Waals surface area contributed by atoms with Gasteiger partial charge >= 0.3 is 0 Å². The highest BCUT2D eigenvalue weighted by atomic mass is 16.2. The fourth-order valence-electron chi connectivity index (χ4n) is 2.24. The predicted octanol–water partition coefficient (Wildman–Crippen LogP) is 0.689. The molecule has 20 heavy (non-hydrogen) atoms. The second-order valence-corrected chi connectivity index (χ2v) is 5.58. The topological polar surface area (TPSA) is 84.1 Å². The Bertz CT molecular complexity index is 448. The number of hydrogen-bond donors (Lipinski definition) is 2. The van der Waals surface area contributed by atoms with E-state index >= 15 is 0 Å². The molecule has 1 aliphatic rings. The molecule has 0 aromatic carbocycles. The Balaban J connectivity index is 1.96. The summed E-state index contributed by atoms with van der Waals surface area (Å²) < 4.78 is 0. The first-order valence-corrected chi connectivity index (χ1v) is 7.14. The van der Waals surface area contributed by atoms with E-state index in [1.807, 2.05) is 6.92 Å². The van der Waals surface area contributed by atoms with Crippen molar-refractivity contribution >= 4 is 11.9 Å². The van der Waals surface area contributed by atoms with Gasteiger partial charge in [0.05, 0.1) is 5.54 Å². The number of carbonyl (C=O) groups is 1. The SMILES string of the molecule is CCC(C)(N)C(=O)NC1CCCN(c2ncccn2)C1. The number of nitrogens with two attached hydrogens (primary N) is 1. The van der Waals surface area contributed by atoms with Gasteiger partial charge in [-0.1, -0.05) is 6.92 Å². The average molecular weight is 277 g/mol. The lowest BCUT2D eigenvalue weighted by Crippen LogP contribution is -2.57. The van der Waals surface area contributed by atoms with Gasteiger partial charge in [-0.15, -0.1) is 0 Å². The van der Waals surface area contributed by atoms with Crippen LogP contribution in [0.5, 0.6) is 0 Å². The van der Waals surface area contributed by atoms with Crippen LogP contribution in [-0.2, 0) is 4.79 Å². The summed E-state index contributed by atoms with van der Waals surface area (Å²) in [6.45, 7) is 5.34. The van der Waals surface area contributed by atoms with Gasteiger partial charge in [0, 0.05) is 31.5 Å². The van der Waals surface area contributed by atoms with Crippen LogP contribution in [0.3, 0.4) is 0 Å². The number of aromatic nitrogens is 2. The number of amides is 1. The predicted molar refractivity (Wildman–Crippen MR) is 78.3 cm³/mol. The van der Waals surface area contributed by atoms with Gasteiger partial charge in [-0.2, -0.15) is 0 Å². The minimum atomic E-state index is -0.800. The Hall–Kier alpha value is -1.69. The number of nitrogens with zero attached hydrogens (tertiary/aromatic N) is 3. The highest BCUT2D eigenvalue weighted by Gasteiger charge is 2.30. The molecule has 2 heterocycles. The summed E-state index contributed by atoms with van der Waals surface area (Å²) in [5.41, 5.74) is 5.17. The molecule has 6 heteroatoms. The van der Waals surface area contributed by atoms with Crippen molar-refractivity contribution < 1.29 is 4.79 Å². The molecule has 0 saturated carbocycles. The van der Waals surface area contributed by atoms with E-state index in [-0.39, 0.29) is 11.9 Å². The monoisotopic (exact) mass is 277 g/mol. The maximum atomic E-state index is 12.1. The van der Waals surface area contributed by atoms with E-state index in [0.717, 1.165) is 31.9 Å². The quantitative estimate of drug-likeness (QED) is 0.846. The van der Waals surface area contributed by atoms with Crippen molar-refractivity contribution in [2.45, 2.75) is 44.7 Å². The van der Waals surface area contributed by atoms with Gasteiger partial charge in [-0.25, -0.2) is 9.97 Å². The van der Waals surface area contributed by atoms with Crippen molar-refractivity contribution in [1.82, 2.24) is 15.3 Å². The molecule has 1 aliphatic heterocycles. The highest BCUT2D eigenvalue weighted by molar-refractivity contribution is 5.85. The second-order valence-electron chi connectivity index (χ2n) is 5.58. The van der Waals surface area contributed by atoms with E-state index in [1.165, 1.54) is 0 Å². The van der Waals surface area contributed by atoms with Gasteiger partial charge < -0.3 is 16.0 Å². The Kier molecular flexibility index (Phi) is 4.54. The standard InChI is InChI=1S/C14H23N5O/c1-3-14(2,15)12(20)18-11-6-4-9-19(10-11)13-16-7-5-8-17-13/h5,7-8,11H,3-4,6,9-10,15H2,1-2H3,(H,18,20). The molecular weight excluding hydrogens is 254 g/mol. The molecular formula is C14H23N5O. The third-order valence-corrected chi connectivity index (χ3v) is 3.84. The summed E-state index contributed by atoms with van der Waals surface area (Å²) in [6, 6.07) is 1.91. The van der Waals surface area contributed by atoms with Crippen LogP contribution in [0.1, 0.15) is 33.1 Å². The summed E-state index contributed by atoms with van der Waals surface area (Å²) in [7, 11) is 0. The molecule has 0 spiro atoms. The van der Waals surface area contributed by atoms with Crippen LogP contribution in [0.25, 0.3) is 0 Å². The molecule has 1 saturated heterocycles. The Morgan fingerprint density at radius 2 is 2.25 bits per heavy atom. The van der Waals surface area contributed by atoms with E-state index < -0.39 is 5.54 Å². The fraction of sp³-hybridized carbons (Fsp3) is 0.643. The van der Waals surface area contributed by atoms with E-state index in [1.54, 1.807) is 25.4 Å². The zero-order valence-corrected chi connectivity index (χ0v) is 12.2. The van der Waals surface area contributed by atoms with E-state index in [0.29, 0.717) is 6.42 Å². The van der Waals surface area contributed by atoms with Crippen LogP contribution < -0.4 is 16.0 Å². The lowest BCUT2D eigenvalue weighted by atomic mass is 9.97. The minimum absolute atomic E-state index is 0.0826. The average Bonchev–Trinajstić information content (AvgIpc) is 2.48. The van der Waals surface area contributed by atoms with Gasteiger partial charge in [0.25, 0.3) is 0 Å². The number of carbonyl (C=O) groups excluding carboxylic acids is 1. The van der Waals surface area contributed by atoms with Crippen LogP contribution in [0.4, 0.5) is 5.95 Å². The van der Waals surface area contributed by atoms with Crippen molar-refractivity contribution in [1.29, 1.82) is 0 Å². The summed E-state index contributed by atoms with van der Waals surface area (Å²) >= 11 is 0. The van der Waals surface area contributed by atoms with Crippen molar-refractivity contribution in [2.24, 2.45) is 5.73 Å². The third kappa shape index (κ3) is 3.45. The fourth-order valence-corrected chi connectivity index (χ4v) is 2.24. The minimum Gasteiger partial charge on any atom is -0.350 e. The van der Waals surface area contributed by atoms with Crippen molar-refractivity contribution in [3.8, 4) is 0 Å². The number of rotatable bonds is 4. The van der Waals surface area contributed by atoms with Gasteiger partial charge in [0.2, 0.25) is 11.9 Å². The number of anilines is 1. The molecule has 1 fully saturated rings. The zero-order valence-electron chi connectivity index (χ0n) is 12.2. The summed E-state index contributed by atoms with van der Waals surface area (Å²) in [5.74, 6) is 0.637. The summed E-state index contributed by atoms with van der Waals surface area (Å²) in [6.07, 6.45) is 6.07. The first kappa shape index (κ1) is 14.7. The molecule has 2 atom stereocenters. The number of piperidine rings is 1. The van der Waals surface area contributed by atoms with Gasteiger partial charge in [0.15, 0.2) is 0 Å². The number of nitrogens with one attached hydrogen (secondary N) is 1. The molecule has 1 amide bonds. The van der Waals surface area contributed by atoms with Gasteiger partial charge in [-0.3, -0.25) is 4.79 Å². The smallest absolute Gasteiger partial charge is 0.240 e. The maximum absolute atomic E-state index is 12.1. The van der Waals surface area contributed by atoms with E-state index in [4.69, 9.17) is 5.73 Å². The Morgan fingerprint density at radius 1 is 1.55 bits per heavy atom. The van der Waals surface area contributed by atoms with E-state index in [9.17, 15) is 4.79 Å². The molecule has 1 aromatic rings. The summed E-state index contributed by atoms with van der Waals surface area (Å²) in [5, 5.41) is 3.05. The van der Waals surface area contributed by atoms with Crippen LogP contribution in [-0.4, -0.2) is 40.5 Å². The zero-order chi connectivity index (χ0) is 14.6.